The van der Waals surface area contributed by atoms with Gasteiger partial charge in [0.15, 0.2) is 5.16 Å². The van der Waals surface area contributed by atoms with E-state index >= 15 is 0 Å². The Balaban J connectivity index is 1.86. The summed E-state index contributed by atoms with van der Waals surface area (Å²) in [7, 11) is 0. The topological polar surface area (TPSA) is 78.0 Å². The number of aryl methyl sites for hydroxylation is 1. The van der Waals surface area contributed by atoms with Crippen LogP contribution in [0.1, 0.15) is 23.4 Å². The van der Waals surface area contributed by atoms with E-state index in [0.29, 0.717) is 18.7 Å². The van der Waals surface area contributed by atoms with E-state index in [1.165, 1.54) is 17.3 Å². The molecule has 1 heterocycles. The van der Waals surface area contributed by atoms with Crippen molar-refractivity contribution >= 4 is 17.7 Å². The van der Waals surface area contributed by atoms with Crippen LogP contribution in [0.25, 0.3) is 0 Å². The number of aromatic nitrogens is 2. The monoisotopic (exact) mass is 319 g/mol. The molecule has 0 fully saturated rings. The summed E-state index contributed by atoms with van der Waals surface area (Å²) in [6.07, 6.45) is 1.37. The molecule has 0 saturated heterocycles. The van der Waals surface area contributed by atoms with Crippen LogP contribution in [-0.4, -0.2) is 39.9 Å². The summed E-state index contributed by atoms with van der Waals surface area (Å²) in [5.41, 5.74) is 3.26. The Labute approximate surface area is 134 Å². The third-order valence-electron chi connectivity index (χ3n) is 3.18. The number of hydrogen-bond acceptors (Lipinski definition) is 4. The first-order chi connectivity index (χ1) is 10.7. The largest absolute Gasteiger partial charge is 0.396 e. The molecule has 0 unspecified atom stereocenters. The number of nitrogens with zero attached hydrogens (tertiary/aromatic N) is 1. The quantitative estimate of drug-likeness (QED) is 0.513. The number of aliphatic hydroxyl groups excluding tert-OH is 1. The SMILES string of the molecule is Cc1[nH]c(SCC(=O)NCCCO)nc1Cc1ccccc1. The fourth-order valence-electron chi connectivity index (χ4n) is 1.99. The van der Waals surface area contributed by atoms with E-state index in [1.807, 2.05) is 25.1 Å². The maximum Gasteiger partial charge on any atom is 0.230 e. The lowest BCUT2D eigenvalue weighted by atomic mass is 10.1. The summed E-state index contributed by atoms with van der Waals surface area (Å²) in [4.78, 5) is 19.4. The maximum atomic E-state index is 11.6. The highest BCUT2D eigenvalue weighted by atomic mass is 32.2. The highest BCUT2D eigenvalue weighted by molar-refractivity contribution is 7.99. The lowest BCUT2D eigenvalue weighted by Gasteiger charge is -2.02. The summed E-state index contributed by atoms with van der Waals surface area (Å²) < 4.78 is 0. The molecule has 3 N–H and O–H groups in total. The van der Waals surface area contributed by atoms with Gasteiger partial charge in [-0.2, -0.15) is 0 Å². The number of imidazole rings is 1. The average Bonchev–Trinajstić information content (AvgIpc) is 2.87. The Morgan fingerprint density at radius 3 is 2.86 bits per heavy atom. The van der Waals surface area contributed by atoms with Crippen LogP contribution >= 0.6 is 11.8 Å². The zero-order valence-electron chi connectivity index (χ0n) is 12.6. The molecule has 1 aromatic heterocycles. The lowest BCUT2D eigenvalue weighted by Crippen LogP contribution is -2.26. The molecule has 0 aliphatic rings. The Morgan fingerprint density at radius 1 is 1.36 bits per heavy atom. The number of aromatic amines is 1. The molecule has 0 bridgehead atoms. The zero-order chi connectivity index (χ0) is 15.8. The number of hydrogen-bond donors (Lipinski definition) is 3. The molecule has 5 nitrogen and oxygen atoms in total. The predicted molar refractivity (Wildman–Crippen MR) is 88.0 cm³/mol. The van der Waals surface area contributed by atoms with Gasteiger partial charge in [-0.25, -0.2) is 4.98 Å². The van der Waals surface area contributed by atoms with Gasteiger partial charge in [-0.1, -0.05) is 42.1 Å². The van der Waals surface area contributed by atoms with Crippen LogP contribution in [0.5, 0.6) is 0 Å². The Bertz CT molecular complexity index is 599. The standard InChI is InChI=1S/C16H21N3O2S/c1-12-14(10-13-6-3-2-4-7-13)19-16(18-12)22-11-15(21)17-8-5-9-20/h2-4,6-7,20H,5,8-11H2,1H3,(H,17,21)(H,18,19). The number of rotatable bonds is 8. The number of amides is 1. The minimum atomic E-state index is -0.0443. The fourth-order valence-corrected chi connectivity index (χ4v) is 2.76. The van der Waals surface area contributed by atoms with Crippen molar-refractivity contribution in [1.29, 1.82) is 0 Å². The molecule has 1 aromatic carbocycles. The Kier molecular flexibility index (Phi) is 6.48. The molecule has 0 aliphatic carbocycles. The molecule has 6 heteroatoms. The van der Waals surface area contributed by atoms with Gasteiger partial charge in [0.05, 0.1) is 11.4 Å². The first-order valence-corrected chi connectivity index (χ1v) is 8.27. The second-order valence-electron chi connectivity index (χ2n) is 4.99. The van der Waals surface area contributed by atoms with Gasteiger partial charge in [-0.3, -0.25) is 4.79 Å². The molecular weight excluding hydrogens is 298 g/mol. The van der Waals surface area contributed by atoms with Crippen molar-refractivity contribution in [2.24, 2.45) is 0 Å². The third kappa shape index (κ3) is 5.20. The molecule has 2 rings (SSSR count). The van der Waals surface area contributed by atoms with Gasteiger partial charge in [-0.05, 0) is 18.9 Å². The van der Waals surface area contributed by atoms with Crippen LogP contribution < -0.4 is 5.32 Å². The summed E-state index contributed by atoms with van der Waals surface area (Å²) in [5.74, 6) is 0.278. The number of benzene rings is 1. The van der Waals surface area contributed by atoms with Gasteiger partial charge in [0, 0.05) is 25.3 Å². The van der Waals surface area contributed by atoms with E-state index in [-0.39, 0.29) is 12.5 Å². The summed E-state index contributed by atoms with van der Waals surface area (Å²) in [6, 6.07) is 10.2. The van der Waals surface area contributed by atoms with Crippen molar-refractivity contribution < 1.29 is 9.90 Å². The number of carbonyl (C=O) groups excluding carboxylic acids is 1. The molecule has 0 saturated carbocycles. The average molecular weight is 319 g/mol. The number of carbonyl (C=O) groups is 1. The summed E-state index contributed by atoms with van der Waals surface area (Å²) in [6.45, 7) is 2.59. The summed E-state index contributed by atoms with van der Waals surface area (Å²) >= 11 is 1.39. The van der Waals surface area contributed by atoms with Crippen molar-refractivity contribution in [3.05, 3.63) is 47.3 Å². The van der Waals surface area contributed by atoms with E-state index in [0.717, 1.165) is 23.0 Å². The molecule has 1 amide bonds. The van der Waals surface area contributed by atoms with Crippen LogP contribution in [0.3, 0.4) is 0 Å². The van der Waals surface area contributed by atoms with Crippen molar-refractivity contribution in [2.45, 2.75) is 24.9 Å². The molecule has 0 spiro atoms. The molecule has 118 valence electrons. The van der Waals surface area contributed by atoms with Gasteiger partial charge in [0.25, 0.3) is 0 Å². The summed E-state index contributed by atoms with van der Waals surface area (Å²) in [5, 5.41) is 12.2. The second kappa shape index (κ2) is 8.60. The Hall–Kier alpha value is -1.79. The lowest BCUT2D eigenvalue weighted by molar-refractivity contribution is -0.118. The van der Waals surface area contributed by atoms with E-state index in [9.17, 15) is 4.79 Å². The van der Waals surface area contributed by atoms with Gasteiger partial charge in [0.2, 0.25) is 5.91 Å². The molecular formula is C16H21N3O2S. The molecule has 0 radical (unpaired) electrons. The van der Waals surface area contributed by atoms with Gasteiger partial charge >= 0.3 is 0 Å². The van der Waals surface area contributed by atoms with E-state index in [2.05, 4.69) is 27.4 Å². The molecule has 2 aromatic rings. The molecule has 0 aliphatic heterocycles. The highest BCUT2D eigenvalue weighted by Crippen LogP contribution is 2.18. The minimum absolute atomic E-state index is 0.0443. The number of H-pyrrole nitrogens is 1. The third-order valence-corrected chi connectivity index (χ3v) is 4.05. The van der Waals surface area contributed by atoms with Crippen LogP contribution in [0.4, 0.5) is 0 Å². The second-order valence-corrected chi connectivity index (χ2v) is 5.96. The van der Waals surface area contributed by atoms with Crippen molar-refractivity contribution in [3.8, 4) is 0 Å². The molecule has 22 heavy (non-hydrogen) atoms. The predicted octanol–water partition coefficient (Wildman–Crippen LogP) is 1.90. The normalized spacial score (nSPS) is 10.6. The smallest absolute Gasteiger partial charge is 0.230 e. The highest BCUT2D eigenvalue weighted by Gasteiger charge is 2.09. The van der Waals surface area contributed by atoms with E-state index < -0.39 is 0 Å². The minimum Gasteiger partial charge on any atom is -0.396 e. The van der Waals surface area contributed by atoms with E-state index in [1.54, 1.807) is 0 Å². The first-order valence-electron chi connectivity index (χ1n) is 7.29. The number of aliphatic hydroxyl groups is 1. The van der Waals surface area contributed by atoms with Crippen molar-refractivity contribution in [3.63, 3.8) is 0 Å². The van der Waals surface area contributed by atoms with Gasteiger partial charge < -0.3 is 15.4 Å². The Morgan fingerprint density at radius 2 is 2.14 bits per heavy atom. The number of nitrogens with one attached hydrogen (secondary N) is 2. The maximum absolute atomic E-state index is 11.6. The molecule has 0 atom stereocenters. The van der Waals surface area contributed by atoms with Crippen LogP contribution in [0.15, 0.2) is 35.5 Å². The van der Waals surface area contributed by atoms with Crippen molar-refractivity contribution in [1.82, 2.24) is 15.3 Å². The van der Waals surface area contributed by atoms with Crippen LogP contribution in [-0.2, 0) is 11.2 Å². The van der Waals surface area contributed by atoms with Crippen LogP contribution in [0, 0.1) is 6.92 Å². The van der Waals surface area contributed by atoms with Crippen molar-refractivity contribution in [2.75, 3.05) is 18.9 Å². The first kappa shape index (κ1) is 16.6. The fraction of sp³-hybridized carbons (Fsp3) is 0.375. The van der Waals surface area contributed by atoms with Gasteiger partial charge in [-0.15, -0.1) is 0 Å². The zero-order valence-corrected chi connectivity index (χ0v) is 13.4. The van der Waals surface area contributed by atoms with Crippen LogP contribution in [0.2, 0.25) is 0 Å². The van der Waals surface area contributed by atoms with Gasteiger partial charge in [0.1, 0.15) is 0 Å². The van der Waals surface area contributed by atoms with E-state index in [4.69, 9.17) is 5.11 Å². The number of thioether (sulfide) groups is 1.